The van der Waals surface area contributed by atoms with Crippen molar-refractivity contribution in [3.05, 3.63) is 268 Å². The number of para-hydroxylation sites is 3. The molecule has 356 valence electrons. The summed E-state index contributed by atoms with van der Waals surface area (Å²) in [6.07, 6.45) is 0. The molecule has 0 atom stereocenters. The Hall–Kier alpha value is -8.05. The molecule has 3 nitrogen and oxygen atoms in total. The first-order valence-corrected chi connectivity index (χ1v) is 26.8. The second-order valence-corrected chi connectivity index (χ2v) is 23.8. The van der Waals surface area contributed by atoms with Crippen molar-refractivity contribution in [2.24, 2.45) is 0 Å². The number of fused-ring (bicyclic) bond motifs is 21. The summed E-state index contributed by atoms with van der Waals surface area (Å²) in [7, 11) is 0. The minimum absolute atomic E-state index is 0.0594. The molecule has 0 fully saturated rings. The first-order chi connectivity index (χ1) is 35.9. The Kier molecular flexibility index (Phi) is 8.97. The van der Waals surface area contributed by atoms with Gasteiger partial charge in [-0.05, 0) is 144 Å². The fourth-order valence-electron chi connectivity index (χ4n) is 13.4. The average molecular weight is 972 g/mol. The average Bonchev–Trinajstić information content (AvgIpc) is 4.05. The van der Waals surface area contributed by atoms with Gasteiger partial charge in [-0.3, -0.25) is 0 Å². The van der Waals surface area contributed by atoms with Gasteiger partial charge in [0.15, 0.2) is 0 Å². The minimum atomic E-state index is -0.639. The van der Waals surface area contributed by atoms with E-state index in [2.05, 4.69) is 259 Å². The topological polar surface area (TPSA) is 25.6 Å². The Morgan fingerprint density at radius 1 is 0.378 bits per heavy atom. The summed E-state index contributed by atoms with van der Waals surface area (Å²) < 4.78 is 13.5. The summed E-state index contributed by atoms with van der Waals surface area (Å²) >= 11 is 1.92. The number of benzene rings is 10. The Labute approximate surface area is 437 Å². The molecule has 0 saturated heterocycles. The van der Waals surface area contributed by atoms with Crippen molar-refractivity contribution in [2.75, 3.05) is 4.90 Å². The van der Waals surface area contributed by atoms with Crippen LogP contribution in [0.5, 0.6) is 11.5 Å². The molecule has 0 N–H and O–H groups in total. The maximum Gasteiger partial charge on any atom is 0.137 e. The lowest BCUT2D eigenvalue weighted by Gasteiger charge is -2.41. The molecule has 1 aromatic heterocycles. The smallest absolute Gasteiger partial charge is 0.137 e. The van der Waals surface area contributed by atoms with Crippen LogP contribution >= 0.6 is 11.8 Å². The van der Waals surface area contributed by atoms with E-state index in [0.29, 0.717) is 0 Å². The molecule has 74 heavy (non-hydrogen) atoms. The van der Waals surface area contributed by atoms with Gasteiger partial charge in [-0.15, -0.1) is 0 Å². The number of hydrogen-bond acceptors (Lipinski definition) is 4. The molecule has 0 radical (unpaired) electrons. The molecule has 0 bridgehead atoms. The summed E-state index contributed by atoms with van der Waals surface area (Å²) in [6.45, 7) is 14.0. The molecule has 0 unspecified atom stereocenters. The SMILES string of the molecule is CC(C)(C)c1ccc2c(c1)C1(c3cc(C(C)(C)C)ccc3S2)c2ccccc2-c2ccc(N(c3ccc4c(c3)C3(c5ccccc5Oc5ccccc53)c3ccccc3-4)c3cccc4oc5ccccc5c34)cc21. The van der Waals surface area contributed by atoms with Gasteiger partial charge in [0.25, 0.3) is 0 Å². The Morgan fingerprint density at radius 3 is 1.39 bits per heavy atom. The van der Waals surface area contributed by atoms with Gasteiger partial charge in [-0.1, -0.05) is 199 Å². The second kappa shape index (κ2) is 15.3. The molecule has 2 aliphatic carbocycles. The maximum atomic E-state index is 6.79. The summed E-state index contributed by atoms with van der Waals surface area (Å²) in [5.41, 5.74) is 21.3. The van der Waals surface area contributed by atoms with Crippen LogP contribution in [-0.4, -0.2) is 0 Å². The van der Waals surface area contributed by atoms with Crippen LogP contribution < -0.4 is 9.64 Å². The van der Waals surface area contributed by atoms with Gasteiger partial charge in [0, 0.05) is 37.7 Å². The highest BCUT2D eigenvalue weighted by molar-refractivity contribution is 7.99. The highest BCUT2D eigenvalue weighted by Gasteiger charge is 2.53. The number of ether oxygens (including phenoxy) is 1. The first-order valence-electron chi connectivity index (χ1n) is 26.0. The fraction of sp³-hybridized carbons (Fsp3) is 0.143. The van der Waals surface area contributed by atoms with E-state index < -0.39 is 10.8 Å². The molecule has 11 aromatic rings. The van der Waals surface area contributed by atoms with E-state index in [0.717, 1.165) is 61.6 Å². The summed E-state index contributed by atoms with van der Waals surface area (Å²) in [5.74, 6) is 1.76. The zero-order chi connectivity index (χ0) is 49.9. The van der Waals surface area contributed by atoms with Gasteiger partial charge in [0.1, 0.15) is 22.7 Å². The van der Waals surface area contributed by atoms with Gasteiger partial charge in [-0.25, -0.2) is 0 Å². The van der Waals surface area contributed by atoms with Gasteiger partial charge in [0.2, 0.25) is 0 Å². The van der Waals surface area contributed by atoms with Crippen LogP contribution in [0.25, 0.3) is 44.2 Å². The van der Waals surface area contributed by atoms with Crippen LogP contribution in [-0.2, 0) is 21.7 Å². The monoisotopic (exact) mass is 971 g/mol. The third-order valence-corrected chi connectivity index (χ3v) is 17.9. The molecule has 10 aromatic carbocycles. The van der Waals surface area contributed by atoms with Crippen LogP contribution in [0.4, 0.5) is 17.1 Å². The van der Waals surface area contributed by atoms with Crippen LogP contribution in [0.15, 0.2) is 227 Å². The van der Waals surface area contributed by atoms with E-state index in [-0.39, 0.29) is 10.8 Å². The van der Waals surface area contributed by atoms with Crippen LogP contribution in [0.3, 0.4) is 0 Å². The zero-order valence-corrected chi connectivity index (χ0v) is 43.2. The molecule has 15 rings (SSSR count). The number of furan rings is 1. The van der Waals surface area contributed by atoms with Crippen LogP contribution in [0.1, 0.15) is 97.2 Å². The van der Waals surface area contributed by atoms with Crippen LogP contribution in [0, 0.1) is 0 Å². The molecule has 4 heteroatoms. The predicted octanol–water partition coefficient (Wildman–Crippen LogP) is 18.9. The van der Waals surface area contributed by atoms with Gasteiger partial charge in [-0.2, -0.15) is 0 Å². The van der Waals surface area contributed by atoms with Gasteiger partial charge >= 0.3 is 0 Å². The number of rotatable bonds is 3. The number of hydrogen-bond donors (Lipinski definition) is 0. The van der Waals surface area contributed by atoms with Crippen molar-refractivity contribution < 1.29 is 9.15 Å². The van der Waals surface area contributed by atoms with Crippen molar-refractivity contribution in [2.45, 2.75) is 73.0 Å². The summed E-state index contributed by atoms with van der Waals surface area (Å²) in [4.78, 5) is 5.12. The van der Waals surface area contributed by atoms with E-state index in [1.807, 2.05) is 11.8 Å². The maximum absolute atomic E-state index is 6.79. The lowest BCUT2D eigenvalue weighted by molar-refractivity contribution is 0.436. The Morgan fingerprint density at radius 2 is 0.838 bits per heavy atom. The molecule has 4 aliphatic rings. The predicted molar refractivity (Wildman–Crippen MR) is 305 cm³/mol. The molecule has 2 spiro atoms. The lowest BCUT2D eigenvalue weighted by Crippen LogP contribution is -2.33. The van der Waals surface area contributed by atoms with E-state index in [9.17, 15) is 0 Å². The number of anilines is 3. The Balaban J connectivity index is 1.05. The largest absolute Gasteiger partial charge is 0.457 e. The van der Waals surface area contributed by atoms with E-state index in [1.165, 1.54) is 76.6 Å². The molecule has 3 heterocycles. The molecular weight excluding hydrogens is 919 g/mol. The van der Waals surface area contributed by atoms with Crippen molar-refractivity contribution in [3.8, 4) is 33.8 Å². The van der Waals surface area contributed by atoms with E-state index >= 15 is 0 Å². The summed E-state index contributed by atoms with van der Waals surface area (Å²) in [6, 6.07) is 79.7. The normalized spacial score (nSPS) is 14.9. The van der Waals surface area contributed by atoms with Gasteiger partial charge in [0.05, 0.1) is 21.9 Å². The zero-order valence-electron chi connectivity index (χ0n) is 42.4. The molecular formula is C70H53NO2S. The summed E-state index contributed by atoms with van der Waals surface area (Å²) in [5, 5.41) is 2.17. The van der Waals surface area contributed by atoms with E-state index in [1.54, 1.807) is 0 Å². The van der Waals surface area contributed by atoms with Crippen LogP contribution in [0.2, 0.25) is 0 Å². The third-order valence-electron chi connectivity index (χ3n) is 16.7. The quantitative estimate of drug-likeness (QED) is 0.176. The second-order valence-electron chi connectivity index (χ2n) is 22.8. The standard InChI is InChI=1S/C70H53NO2S/c1-67(2,3)42-30-36-64-57(38-42)70(58-39-43(68(4,5)6)31-37-65(58)74-64)52-22-11-8-19-47(52)49-35-33-45(41-56(49)70)71(59-25-17-29-63-66(59)50-20-9-14-26-60(50)72-63)44-32-34-48-46-18-7-10-21-51(46)69(55(48)40-44)53-23-12-15-27-61(53)73-62-28-16-13-24-54(62)69/h7-41H,1-6H3. The highest BCUT2D eigenvalue weighted by Crippen LogP contribution is 2.65. The first kappa shape index (κ1) is 43.5. The minimum Gasteiger partial charge on any atom is -0.457 e. The lowest BCUT2D eigenvalue weighted by atomic mass is 9.65. The van der Waals surface area contributed by atoms with Crippen molar-refractivity contribution in [1.82, 2.24) is 0 Å². The molecule has 2 aliphatic heterocycles. The van der Waals surface area contributed by atoms with Crippen molar-refractivity contribution >= 4 is 50.8 Å². The molecule has 0 saturated carbocycles. The highest BCUT2D eigenvalue weighted by atomic mass is 32.2. The fourth-order valence-corrected chi connectivity index (χ4v) is 14.5. The van der Waals surface area contributed by atoms with Crippen molar-refractivity contribution in [1.29, 1.82) is 0 Å². The van der Waals surface area contributed by atoms with Crippen molar-refractivity contribution in [3.63, 3.8) is 0 Å². The van der Waals surface area contributed by atoms with Gasteiger partial charge < -0.3 is 14.1 Å². The molecule has 0 amide bonds. The third kappa shape index (κ3) is 5.80. The number of nitrogens with zero attached hydrogens (tertiary/aromatic N) is 1. The van der Waals surface area contributed by atoms with E-state index in [4.69, 9.17) is 9.15 Å². The Bertz CT molecular complexity index is 4090.